The van der Waals surface area contributed by atoms with Crippen LogP contribution in [0.2, 0.25) is 5.02 Å². The molecule has 144 valence electrons. The molecule has 0 spiro atoms. The van der Waals surface area contributed by atoms with Crippen LogP contribution in [-0.4, -0.2) is 41.6 Å². The van der Waals surface area contributed by atoms with Crippen LogP contribution < -0.4 is 10.6 Å². The van der Waals surface area contributed by atoms with Crippen molar-refractivity contribution in [1.82, 2.24) is 14.9 Å². The fraction of sp³-hybridized carbons (Fsp3) is 0.421. The zero-order chi connectivity index (χ0) is 19.4. The van der Waals surface area contributed by atoms with E-state index < -0.39 is 0 Å². The first-order valence-electron chi connectivity index (χ1n) is 8.95. The molecule has 0 atom stereocenters. The molecule has 7 nitrogen and oxygen atoms in total. The quantitative estimate of drug-likeness (QED) is 0.743. The number of ether oxygens (including phenoxy) is 1. The Kier molecular flexibility index (Phi) is 6.13. The summed E-state index contributed by atoms with van der Waals surface area (Å²) in [4.78, 5) is 29.6. The van der Waals surface area contributed by atoms with E-state index in [1.54, 1.807) is 19.2 Å². The number of carbonyl (C=O) groups is 2. The number of aryl methyl sites for hydroxylation is 1. The Morgan fingerprint density at radius 3 is 2.85 bits per heavy atom. The van der Waals surface area contributed by atoms with Gasteiger partial charge in [-0.25, -0.2) is 4.98 Å². The number of hydrogen-bond donors (Lipinski definition) is 2. The van der Waals surface area contributed by atoms with Crippen LogP contribution in [0.3, 0.4) is 0 Å². The summed E-state index contributed by atoms with van der Waals surface area (Å²) in [5, 5.41) is 6.18. The lowest BCUT2D eigenvalue weighted by molar-refractivity contribution is 0.0921. The first-order chi connectivity index (χ1) is 13.0. The Morgan fingerprint density at radius 1 is 1.30 bits per heavy atom. The topological polar surface area (TPSA) is 85.2 Å². The van der Waals surface area contributed by atoms with Crippen LogP contribution in [-0.2, 0) is 17.7 Å². The van der Waals surface area contributed by atoms with Crippen LogP contribution in [0.4, 0.5) is 5.69 Å². The Morgan fingerprint density at radius 2 is 2.11 bits per heavy atom. The highest BCUT2D eigenvalue weighted by molar-refractivity contribution is 6.31. The summed E-state index contributed by atoms with van der Waals surface area (Å²) in [5.41, 5.74) is 2.63. The molecule has 0 saturated heterocycles. The SMILES string of the molecule is COCCNC(=O)c1nc(C(=O)Nc2ccc(C)c(Cl)c2)c2n1CCCC2. The average Bonchev–Trinajstić information content (AvgIpc) is 3.05. The Balaban J connectivity index is 1.85. The van der Waals surface area contributed by atoms with Gasteiger partial charge in [0.25, 0.3) is 11.8 Å². The zero-order valence-electron chi connectivity index (χ0n) is 15.5. The molecule has 0 bridgehead atoms. The lowest BCUT2D eigenvalue weighted by Crippen LogP contribution is -2.30. The number of fused-ring (bicyclic) bond motifs is 1. The van der Waals surface area contributed by atoms with E-state index in [-0.39, 0.29) is 17.6 Å². The molecule has 0 fully saturated rings. The highest BCUT2D eigenvalue weighted by Gasteiger charge is 2.27. The molecule has 8 heteroatoms. The Labute approximate surface area is 163 Å². The predicted octanol–water partition coefficient (Wildman–Crippen LogP) is 2.81. The van der Waals surface area contributed by atoms with Gasteiger partial charge in [0, 0.05) is 30.9 Å². The summed E-state index contributed by atoms with van der Waals surface area (Å²) < 4.78 is 6.80. The molecule has 0 radical (unpaired) electrons. The van der Waals surface area contributed by atoms with Gasteiger partial charge in [-0.2, -0.15) is 0 Å². The molecule has 3 rings (SSSR count). The second kappa shape index (κ2) is 8.54. The lowest BCUT2D eigenvalue weighted by Gasteiger charge is -2.17. The highest BCUT2D eigenvalue weighted by Crippen LogP contribution is 2.24. The third-order valence-corrected chi connectivity index (χ3v) is 4.96. The van der Waals surface area contributed by atoms with E-state index in [2.05, 4.69) is 15.6 Å². The van der Waals surface area contributed by atoms with Crippen molar-refractivity contribution in [3.8, 4) is 0 Å². The monoisotopic (exact) mass is 390 g/mol. The standard InChI is InChI=1S/C19H23ClN4O3/c1-12-6-7-13(11-14(12)20)22-18(25)16-15-5-3-4-9-24(15)17(23-16)19(26)21-8-10-27-2/h6-7,11H,3-5,8-10H2,1-2H3,(H,21,26)(H,22,25). The smallest absolute Gasteiger partial charge is 0.287 e. The van der Waals surface area contributed by atoms with Crippen molar-refractivity contribution in [3.05, 3.63) is 46.0 Å². The maximum Gasteiger partial charge on any atom is 0.287 e. The number of imidazole rings is 1. The fourth-order valence-electron chi connectivity index (χ4n) is 3.10. The van der Waals surface area contributed by atoms with Gasteiger partial charge in [0.1, 0.15) is 0 Å². The maximum atomic E-state index is 12.8. The summed E-state index contributed by atoms with van der Waals surface area (Å²) >= 11 is 6.13. The molecule has 1 aromatic heterocycles. The van der Waals surface area contributed by atoms with Gasteiger partial charge in [0.2, 0.25) is 0 Å². The van der Waals surface area contributed by atoms with Crippen molar-refractivity contribution in [2.75, 3.05) is 25.6 Å². The molecule has 1 aromatic carbocycles. The number of rotatable bonds is 6. The number of aromatic nitrogens is 2. The number of carbonyl (C=O) groups excluding carboxylic acids is 2. The average molecular weight is 391 g/mol. The minimum Gasteiger partial charge on any atom is -0.383 e. The first-order valence-corrected chi connectivity index (χ1v) is 9.33. The second-order valence-electron chi connectivity index (χ2n) is 6.51. The molecule has 2 N–H and O–H groups in total. The van der Waals surface area contributed by atoms with Crippen molar-refractivity contribution >= 4 is 29.1 Å². The number of hydrogen-bond acceptors (Lipinski definition) is 4. The minimum absolute atomic E-state index is 0.271. The number of amides is 2. The van der Waals surface area contributed by atoms with Crippen molar-refractivity contribution < 1.29 is 14.3 Å². The first kappa shape index (κ1) is 19.4. The van der Waals surface area contributed by atoms with Gasteiger partial charge in [-0.1, -0.05) is 17.7 Å². The van der Waals surface area contributed by atoms with Gasteiger partial charge in [-0.3, -0.25) is 9.59 Å². The fourth-order valence-corrected chi connectivity index (χ4v) is 3.29. The van der Waals surface area contributed by atoms with E-state index in [0.717, 1.165) is 30.5 Å². The lowest BCUT2D eigenvalue weighted by atomic mass is 10.1. The van der Waals surface area contributed by atoms with Crippen LogP contribution in [0.5, 0.6) is 0 Å². The van der Waals surface area contributed by atoms with E-state index >= 15 is 0 Å². The van der Waals surface area contributed by atoms with E-state index in [1.807, 2.05) is 17.6 Å². The van der Waals surface area contributed by atoms with Gasteiger partial charge in [-0.15, -0.1) is 0 Å². The van der Waals surface area contributed by atoms with Crippen LogP contribution >= 0.6 is 11.6 Å². The predicted molar refractivity (Wildman–Crippen MR) is 104 cm³/mol. The van der Waals surface area contributed by atoms with Gasteiger partial charge in [-0.05, 0) is 43.9 Å². The molecule has 1 aliphatic heterocycles. The number of anilines is 1. The summed E-state index contributed by atoms with van der Waals surface area (Å²) in [6, 6.07) is 5.34. The Hall–Kier alpha value is -2.38. The summed E-state index contributed by atoms with van der Waals surface area (Å²) in [5.74, 6) is -0.364. The highest BCUT2D eigenvalue weighted by atomic mass is 35.5. The molecule has 0 aliphatic carbocycles. The largest absolute Gasteiger partial charge is 0.383 e. The van der Waals surface area contributed by atoms with E-state index in [4.69, 9.17) is 16.3 Å². The van der Waals surface area contributed by atoms with Crippen molar-refractivity contribution in [1.29, 1.82) is 0 Å². The number of methoxy groups -OCH3 is 1. The molecule has 2 amide bonds. The molecular weight excluding hydrogens is 368 g/mol. The molecule has 2 aromatic rings. The van der Waals surface area contributed by atoms with Crippen molar-refractivity contribution in [3.63, 3.8) is 0 Å². The molecular formula is C19H23ClN4O3. The van der Waals surface area contributed by atoms with Gasteiger partial charge in [0.15, 0.2) is 11.5 Å². The summed E-state index contributed by atoms with van der Waals surface area (Å²) in [6.07, 6.45) is 2.64. The number of nitrogens with one attached hydrogen (secondary N) is 2. The van der Waals surface area contributed by atoms with E-state index in [9.17, 15) is 9.59 Å². The number of nitrogens with zero attached hydrogens (tertiary/aromatic N) is 2. The van der Waals surface area contributed by atoms with Gasteiger partial charge >= 0.3 is 0 Å². The molecule has 27 heavy (non-hydrogen) atoms. The van der Waals surface area contributed by atoms with Crippen LogP contribution in [0, 0.1) is 6.92 Å². The molecule has 2 heterocycles. The van der Waals surface area contributed by atoms with Crippen LogP contribution in [0.1, 0.15) is 45.2 Å². The van der Waals surface area contributed by atoms with Gasteiger partial charge < -0.3 is 19.9 Å². The molecule has 0 saturated carbocycles. The van der Waals surface area contributed by atoms with E-state index in [1.165, 1.54) is 0 Å². The Bertz CT molecular complexity index is 863. The third kappa shape index (κ3) is 4.31. The van der Waals surface area contributed by atoms with Crippen molar-refractivity contribution in [2.24, 2.45) is 0 Å². The number of benzene rings is 1. The van der Waals surface area contributed by atoms with Crippen LogP contribution in [0.15, 0.2) is 18.2 Å². The summed E-state index contributed by atoms with van der Waals surface area (Å²) in [6.45, 7) is 3.38. The minimum atomic E-state index is -0.337. The molecule has 1 aliphatic rings. The van der Waals surface area contributed by atoms with Crippen molar-refractivity contribution in [2.45, 2.75) is 32.7 Å². The van der Waals surface area contributed by atoms with E-state index in [0.29, 0.717) is 36.1 Å². The normalized spacial score (nSPS) is 13.1. The number of halogens is 1. The van der Waals surface area contributed by atoms with Crippen LogP contribution in [0.25, 0.3) is 0 Å². The van der Waals surface area contributed by atoms with Gasteiger partial charge in [0.05, 0.1) is 12.3 Å². The maximum absolute atomic E-state index is 12.8. The summed E-state index contributed by atoms with van der Waals surface area (Å²) in [7, 11) is 1.57. The third-order valence-electron chi connectivity index (χ3n) is 4.56. The second-order valence-corrected chi connectivity index (χ2v) is 6.91. The zero-order valence-corrected chi connectivity index (χ0v) is 16.2. The molecule has 0 unspecified atom stereocenters.